The van der Waals surface area contributed by atoms with Crippen LogP contribution in [0.15, 0.2) is 85.2 Å². The summed E-state index contributed by atoms with van der Waals surface area (Å²) >= 11 is 0. The number of nitrogens with zero attached hydrogens (tertiary/aromatic N) is 2. The van der Waals surface area contributed by atoms with Crippen molar-refractivity contribution < 1.29 is 4.79 Å². The second-order valence-corrected chi connectivity index (χ2v) is 5.02. The smallest absolute Gasteiger partial charge is 0.326 e. The molecule has 23 heavy (non-hydrogen) atoms. The van der Waals surface area contributed by atoms with Crippen LogP contribution in [0.4, 0.5) is 16.2 Å². The number of aromatic nitrogens is 1. The van der Waals surface area contributed by atoms with Gasteiger partial charge in [-0.15, -0.1) is 0 Å². The van der Waals surface area contributed by atoms with Gasteiger partial charge in [0.15, 0.2) is 0 Å². The van der Waals surface area contributed by atoms with Crippen LogP contribution in [0.5, 0.6) is 0 Å². The number of anilines is 2. The minimum absolute atomic E-state index is 0.167. The molecule has 3 rings (SSSR count). The quantitative estimate of drug-likeness (QED) is 0.787. The second-order valence-electron chi connectivity index (χ2n) is 5.02. The molecule has 1 N–H and O–H groups in total. The number of urea groups is 1. The number of carbonyl (C=O) groups excluding carboxylic acids is 1. The van der Waals surface area contributed by atoms with Crippen LogP contribution in [-0.2, 0) is 6.54 Å². The maximum atomic E-state index is 12.7. The van der Waals surface area contributed by atoms with Crippen LogP contribution in [0.1, 0.15) is 5.56 Å². The highest BCUT2D eigenvalue weighted by Gasteiger charge is 2.17. The third-order valence-corrected chi connectivity index (χ3v) is 3.42. The van der Waals surface area contributed by atoms with Gasteiger partial charge in [-0.2, -0.15) is 0 Å². The van der Waals surface area contributed by atoms with Crippen molar-refractivity contribution in [2.45, 2.75) is 6.54 Å². The molecule has 3 aromatic rings. The Morgan fingerprint density at radius 3 is 1.87 bits per heavy atom. The highest BCUT2D eigenvalue weighted by Crippen LogP contribution is 2.24. The summed E-state index contributed by atoms with van der Waals surface area (Å²) in [7, 11) is 0. The van der Waals surface area contributed by atoms with Crippen molar-refractivity contribution in [2.75, 3.05) is 4.90 Å². The van der Waals surface area contributed by atoms with E-state index in [1.54, 1.807) is 17.3 Å². The van der Waals surface area contributed by atoms with E-state index in [1.165, 1.54) is 0 Å². The predicted molar refractivity (Wildman–Crippen MR) is 91.5 cm³/mol. The van der Waals surface area contributed by atoms with E-state index in [0.29, 0.717) is 6.54 Å². The Kier molecular flexibility index (Phi) is 4.64. The number of rotatable bonds is 4. The van der Waals surface area contributed by atoms with Gasteiger partial charge in [0.25, 0.3) is 0 Å². The van der Waals surface area contributed by atoms with Crippen LogP contribution in [0, 0.1) is 0 Å². The molecule has 4 nitrogen and oxygen atoms in total. The van der Waals surface area contributed by atoms with Gasteiger partial charge < -0.3 is 5.32 Å². The lowest BCUT2D eigenvalue weighted by Gasteiger charge is -2.23. The zero-order valence-electron chi connectivity index (χ0n) is 12.6. The number of pyridine rings is 1. The fourth-order valence-electron chi connectivity index (χ4n) is 2.30. The molecule has 1 aromatic heterocycles. The van der Waals surface area contributed by atoms with Gasteiger partial charge in [0.1, 0.15) is 0 Å². The van der Waals surface area contributed by atoms with Gasteiger partial charge in [-0.05, 0) is 42.0 Å². The molecule has 2 amide bonds. The zero-order chi connectivity index (χ0) is 15.9. The molecule has 0 spiro atoms. The van der Waals surface area contributed by atoms with Gasteiger partial charge in [0.05, 0.1) is 11.4 Å². The van der Waals surface area contributed by atoms with Crippen molar-refractivity contribution in [3.8, 4) is 0 Å². The van der Waals surface area contributed by atoms with Gasteiger partial charge >= 0.3 is 6.03 Å². The Labute approximate surface area is 135 Å². The first-order valence-corrected chi connectivity index (χ1v) is 7.41. The molecule has 0 aliphatic heterocycles. The van der Waals surface area contributed by atoms with E-state index < -0.39 is 0 Å². The van der Waals surface area contributed by atoms with Crippen molar-refractivity contribution in [3.05, 3.63) is 90.8 Å². The maximum absolute atomic E-state index is 12.7. The lowest BCUT2D eigenvalue weighted by molar-refractivity contribution is 0.248. The Morgan fingerprint density at radius 1 is 0.826 bits per heavy atom. The first kappa shape index (κ1) is 14.8. The van der Waals surface area contributed by atoms with Crippen molar-refractivity contribution >= 4 is 17.4 Å². The van der Waals surface area contributed by atoms with E-state index in [4.69, 9.17) is 0 Å². The average Bonchev–Trinajstić information content (AvgIpc) is 2.63. The Balaban J connectivity index is 1.82. The molecule has 0 atom stereocenters. The minimum atomic E-state index is -0.167. The molecular formula is C19H17N3O. The lowest BCUT2D eigenvalue weighted by Crippen LogP contribution is -2.36. The zero-order valence-corrected chi connectivity index (χ0v) is 12.6. The average molecular weight is 303 g/mol. The van der Waals surface area contributed by atoms with Crippen molar-refractivity contribution in [2.24, 2.45) is 0 Å². The monoisotopic (exact) mass is 303 g/mol. The van der Waals surface area contributed by atoms with Crippen LogP contribution >= 0.6 is 0 Å². The summed E-state index contributed by atoms with van der Waals surface area (Å²) < 4.78 is 0. The summed E-state index contributed by atoms with van der Waals surface area (Å²) in [5, 5.41) is 2.96. The van der Waals surface area contributed by atoms with E-state index in [-0.39, 0.29) is 6.03 Å². The molecule has 0 saturated carbocycles. The largest absolute Gasteiger partial charge is 0.333 e. The van der Waals surface area contributed by atoms with Gasteiger partial charge in [-0.3, -0.25) is 9.88 Å². The van der Waals surface area contributed by atoms with Gasteiger partial charge in [-0.25, -0.2) is 4.79 Å². The number of nitrogens with one attached hydrogen (secondary N) is 1. The first-order valence-electron chi connectivity index (χ1n) is 7.41. The molecular weight excluding hydrogens is 286 g/mol. The van der Waals surface area contributed by atoms with E-state index in [9.17, 15) is 4.79 Å². The van der Waals surface area contributed by atoms with E-state index in [1.807, 2.05) is 72.8 Å². The first-order chi connectivity index (χ1) is 11.3. The highest BCUT2D eigenvalue weighted by molar-refractivity contribution is 5.99. The van der Waals surface area contributed by atoms with E-state index >= 15 is 0 Å². The molecule has 0 aliphatic rings. The predicted octanol–water partition coefficient (Wildman–Crippen LogP) is 4.13. The fraction of sp³-hybridized carbons (Fsp3) is 0.0526. The number of para-hydroxylation sites is 2. The Hall–Kier alpha value is -3.14. The van der Waals surface area contributed by atoms with E-state index in [2.05, 4.69) is 10.3 Å². The highest BCUT2D eigenvalue weighted by atomic mass is 16.2. The fourth-order valence-corrected chi connectivity index (χ4v) is 2.30. The molecule has 1 heterocycles. The van der Waals surface area contributed by atoms with Crippen LogP contribution in [0.2, 0.25) is 0 Å². The molecule has 0 saturated heterocycles. The molecule has 0 aliphatic carbocycles. The molecule has 4 heteroatoms. The summed E-state index contributed by atoms with van der Waals surface area (Å²) in [6.07, 6.45) is 3.43. The topological polar surface area (TPSA) is 45.2 Å². The third-order valence-electron chi connectivity index (χ3n) is 3.42. The lowest BCUT2D eigenvalue weighted by atomic mass is 10.2. The normalized spacial score (nSPS) is 10.1. The van der Waals surface area contributed by atoms with Crippen LogP contribution in [-0.4, -0.2) is 11.0 Å². The summed E-state index contributed by atoms with van der Waals surface area (Å²) in [5.74, 6) is 0. The van der Waals surface area contributed by atoms with Crippen LogP contribution in [0.3, 0.4) is 0 Å². The summed E-state index contributed by atoms with van der Waals surface area (Å²) in [6.45, 7) is 0.456. The Morgan fingerprint density at radius 2 is 1.35 bits per heavy atom. The van der Waals surface area contributed by atoms with Crippen molar-refractivity contribution in [1.29, 1.82) is 0 Å². The summed E-state index contributed by atoms with van der Waals surface area (Å²) in [4.78, 5) is 18.4. The SMILES string of the molecule is O=C(NCc1ccncc1)N(c1ccccc1)c1ccccc1. The van der Waals surface area contributed by atoms with Gasteiger partial charge in [-0.1, -0.05) is 36.4 Å². The van der Waals surface area contributed by atoms with Crippen molar-refractivity contribution in [3.63, 3.8) is 0 Å². The molecule has 0 radical (unpaired) electrons. The molecule has 0 fully saturated rings. The maximum Gasteiger partial charge on any atom is 0.326 e. The van der Waals surface area contributed by atoms with Gasteiger partial charge in [0.2, 0.25) is 0 Å². The Bertz CT molecular complexity index is 706. The van der Waals surface area contributed by atoms with Crippen LogP contribution < -0.4 is 10.2 Å². The number of amides is 2. The molecule has 114 valence electrons. The number of benzene rings is 2. The van der Waals surface area contributed by atoms with E-state index in [0.717, 1.165) is 16.9 Å². The molecule has 2 aromatic carbocycles. The number of carbonyl (C=O) groups is 1. The van der Waals surface area contributed by atoms with Crippen LogP contribution in [0.25, 0.3) is 0 Å². The summed E-state index contributed by atoms with van der Waals surface area (Å²) in [6, 6.07) is 22.8. The minimum Gasteiger partial charge on any atom is -0.333 e. The number of hydrogen-bond acceptors (Lipinski definition) is 2. The van der Waals surface area contributed by atoms with Crippen molar-refractivity contribution in [1.82, 2.24) is 10.3 Å². The molecule has 0 unspecified atom stereocenters. The molecule has 0 bridgehead atoms. The number of hydrogen-bond donors (Lipinski definition) is 1. The summed E-state index contributed by atoms with van der Waals surface area (Å²) in [5.41, 5.74) is 2.66. The second kappa shape index (κ2) is 7.22. The standard InChI is InChI=1S/C19H17N3O/c23-19(21-15-16-11-13-20-14-12-16)22(17-7-3-1-4-8-17)18-9-5-2-6-10-18/h1-14H,15H2,(H,21,23). The third kappa shape index (κ3) is 3.74. The van der Waals surface area contributed by atoms with Gasteiger partial charge in [0, 0.05) is 18.9 Å².